The maximum absolute atomic E-state index is 11.5. The summed E-state index contributed by atoms with van der Waals surface area (Å²) in [4.78, 5) is 17.2. The Balaban J connectivity index is 1.65. The zero-order valence-corrected chi connectivity index (χ0v) is 12.8. The second-order valence-corrected chi connectivity index (χ2v) is 7.27. The smallest absolute Gasteiger partial charge is 0.221 e. The lowest BCUT2D eigenvalue weighted by Gasteiger charge is -2.13. The van der Waals surface area contributed by atoms with Crippen LogP contribution in [0.2, 0.25) is 0 Å². The number of hydrogen-bond donors (Lipinski definition) is 2. The van der Waals surface area contributed by atoms with E-state index in [2.05, 4.69) is 36.4 Å². The van der Waals surface area contributed by atoms with Crippen LogP contribution in [0.4, 0.5) is 0 Å². The predicted octanol–water partition coefficient (Wildman–Crippen LogP) is 2.20. The molecule has 1 aliphatic carbocycles. The van der Waals surface area contributed by atoms with E-state index in [4.69, 9.17) is 0 Å². The predicted molar refractivity (Wildman–Crippen MR) is 78.3 cm³/mol. The molecule has 0 atom stereocenters. The molecule has 19 heavy (non-hydrogen) atoms. The molecular weight excluding hydrogens is 258 g/mol. The van der Waals surface area contributed by atoms with Crippen molar-refractivity contribution in [2.75, 3.05) is 6.54 Å². The van der Waals surface area contributed by atoms with Gasteiger partial charge >= 0.3 is 0 Å². The van der Waals surface area contributed by atoms with E-state index >= 15 is 0 Å². The van der Waals surface area contributed by atoms with Gasteiger partial charge in [0.25, 0.3) is 0 Å². The maximum Gasteiger partial charge on any atom is 0.221 e. The van der Waals surface area contributed by atoms with Gasteiger partial charge in [-0.3, -0.25) is 4.79 Å². The van der Waals surface area contributed by atoms with Gasteiger partial charge in [-0.05, 0) is 12.8 Å². The number of hydrogen-bond acceptors (Lipinski definition) is 4. The van der Waals surface area contributed by atoms with Gasteiger partial charge in [0, 0.05) is 42.0 Å². The highest BCUT2D eigenvalue weighted by atomic mass is 32.1. The second kappa shape index (κ2) is 6.01. The number of nitrogens with zero attached hydrogens (tertiary/aromatic N) is 1. The molecule has 0 bridgehead atoms. The van der Waals surface area contributed by atoms with E-state index in [1.807, 2.05) is 6.20 Å². The number of carbonyl (C=O) groups is 1. The minimum absolute atomic E-state index is 0.118. The monoisotopic (exact) mass is 281 g/mol. The lowest BCUT2D eigenvalue weighted by atomic mass is 9.98. The van der Waals surface area contributed by atoms with Gasteiger partial charge in [-0.1, -0.05) is 20.8 Å². The Kier molecular flexibility index (Phi) is 4.58. The second-order valence-electron chi connectivity index (χ2n) is 6.15. The molecule has 5 heteroatoms. The number of amides is 1. The van der Waals surface area contributed by atoms with Crippen molar-refractivity contribution in [3.63, 3.8) is 0 Å². The zero-order valence-electron chi connectivity index (χ0n) is 12.0. The van der Waals surface area contributed by atoms with Crippen LogP contribution in [0, 0.1) is 0 Å². The highest BCUT2D eigenvalue weighted by molar-refractivity contribution is 7.11. The molecule has 1 aliphatic rings. The fourth-order valence-corrected chi connectivity index (χ4v) is 2.62. The van der Waals surface area contributed by atoms with Crippen LogP contribution in [-0.2, 0) is 16.8 Å². The van der Waals surface area contributed by atoms with Gasteiger partial charge in [0.05, 0.1) is 5.01 Å². The molecule has 2 N–H and O–H groups in total. The summed E-state index contributed by atoms with van der Waals surface area (Å²) < 4.78 is 0. The highest BCUT2D eigenvalue weighted by Crippen LogP contribution is 2.26. The van der Waals surface area contributed by atoms with Gasteiger partial charge in [-0.2, -0.15) is 0 Å². The van der Waals surface area contributed by atoms with Crippen LogP contribution in [0.3, 0.4) is 0 Å². The molecule has 1 amide bonds. The number of nitrogens with one attached hydrogen (secondary N) is 2. The van der Waals surface area contributed by atoms with Gasteiger partial charge in [0.15, 0.2) is 0 Å². The summed E-state index contributed by atoms with van der Waals surface area (Å²) in [6.07, 6.45) is 4.79. The van der Waals surface area contributed by atoms with E-state index < -0.39 is 0 Å². The van der Waals surface area contributed by atoms with Crippen LogP contribution in [0.15, 0.2) is 6.20 Å². The van der Waals surface area contributed by atoms with E-state index in [9.17, 15) is 4.79 Å². The standard InChI is InChI=1S/C14H23N3OS/c1-14(2,3)13-16-9-11(19-13)8-15-7-6-12(18)17-10-4-5-10/h9-10,15H,4-8H2,1-3H3,(H,17,18). The van der Waals surface area contributed by atoms with Crippen molar-refractivity contribution in [2.45, 2.75) is 58.0 Å². The molecule has 0 radical (unpaired) electrons. The van der Waals surface area contributed by atoms with Crippen molar-refractivity contribution < 1.29 is 4.79 Å². The molecule has 1 saturated carbocycles. The van der Waals surface area contributed by atoms with E-state index in [-0.39, 0.29) is 11.3 Å². The van der Waals surface area contributed by atoms with Crippen LogP contribution < -0.4 is 10.6 Å². The largest absolute Gasteiger partial charge is 0.353 e. The summed E-state index contributed by atoms with van der Waals surface area (Å²) in [6.45, 7) is 8.04. The number of rotatable bonds is 6. The zero-order chi connectivity index (χ0) is 13.9. The van der Waals surface area contributed by atoms with Gasteiger partial charge in [0.2, 0.25) is 5.91 Å². The Morgan fingerprint density at radius 1 is 1.47 bits per heavy atom. The molecule has 2 rings (SSSR count). The molecule has 4 nitrogen and oxygen atoms in total. The molecule has 106 valence electrons. The van der Waals surface area contributed by atoms with Gasteiger partial charge in [0.1, 0.15) is 0 Å². The highest BCUT2D eigenvalue weighted by Gasteiger charge is 2.22. The van der Waals surface area contributed by atoms with E-state index in [0.717, 1.165) is 30.9 Å². The molecule has 1 heterocycles. The minimum Gasteiger partial charge on any atom is -0.353 e. The molecule has 0 saturated heterocycles. The molecule has 0 aliphatic heterocycles. The van der Waals surface area contributed by atoms with Crippen molar-refractivity contribution in [3.8, 4) is 0 Å². The SMILES string of the molecule is CC(C)(C)c1ncc(CNCCC(=O)NC2CC2)s1. The number of carbonyl (C=O) groups excluding carboxylic acids is 1. The quantitative estimate of drug-likeness (QED) is 0.786. The van der Waals surface area contributed by atoms with Crippen LogP contribution in [-0.4, -0.2) is 23.5 Å². The first-order chi connectivity index (χ1) is 8.95. The maximum atomic E-state index is 11.5. The van der Waals surface area contributed by atoms with Crippen molar-refractivity contribution in [2.24, 2.45) is 0 Å². The van der Waals surface area contributed by atoms with Crippen LogP contribution in [0.25, 0.3) is 0 Å². The first-order valence-corrected chi connectivity index (χ1v) is 7.72. The lowest BCUT2D eigenvalue weighted by molar-refractivity contribution is -0.121. The third-order valence-corrected chi connectivity index (χ3v) is 4.39. The van der Waals surface area contributed by atoms with E-state index in [1.54, 1.807) is 11.3 Å². The average molecular weight is 281 g/mol. The molecule has 1 fully saturated rings. The van der Waals surface area contributed by atoms with Gasteiger partial charge in [-0.15, -0.1) is 11.3 Å². The molecule has 0 spiro atoms. The fraction of sp³-hybridized carbons (Fsp3) is 0.714. The first-order valence-electron chi connectivity index (χ1n) is 6.90. The van der Waals surface area contributed by atoms with E-state index in [0.29, 0.717) is 12.5 Å². The van der Waals surface area contributed by atoms with E-state index in [1.165, 1.54) is 4.88 Å². The third kappa shape index (κ3) is 4.91. The average Bonchev–Trinajstić information content (AvgIpc) is 2.98. The number of thiazole rings is 1. The molecular formula is C14H23N3OS. The molecule has 0 unspecified atom stereocenters. The fourth-order valence-electron chi connectivity index (χ4n) is 1.68. The van der Waals surface area contributed by atoms with Crippen molar-refractivity contribution >= 4 is 17.2 Å². The Hall–Kier alpha value is -0.940. The Morgan fingerprint density at radius 3 is 2.79 bits per heavy atom. The summed E-state index contributed by atoms with van der Waals surface area (Å²) in [5.41, 5.74) is 0.118. The summed E-state index contributed by atoms with van der Waals surface area (Å²) in [5.74, 6) is 0.162. The molecule has 0 aromatic carbocycles. The summed E-state index contributed by atoms with van der Waals surface area (Å²) in [5, 5.41) is 7.45. The van der Waals surface area contributed by atoms with Crippen LogP contribution >= 0.6 is 11.3 Å². The Labute approximate surface area is 119 Å². The van der Waals surface area contributed by atoms with Crippen LogP contribution in [0.5, 0.6) is 0 Å². The minimum atomic E-state index is 0.118. The van der Waals surface area contributed by atoms with Crippen molar-refractivity contribution in [1.29, 1.82) is 0 Å². The first kappa shape index (κ1) is 14.5. The lowest BCUT2D eigenvalue weighted by Crippen LogP contribution is -2.28. The van der Waals surface area contributed by atoms with Crippen LogP contribution in [0.1, 0.15) is 49.9 Å². The van der Waals surface area contributed by atoms with Crippen molar-refractivity contribution in [1.82, 2.24) is 15.6 Å². The Bertz CT molecular complexity index is 432. The molecule has 1 aromatic heterocycles. The topological polar surface area (TPSA) is 54.0 Å². The Morgan fingerprint density at radius 2 is 2.21 bits per heavy atom. The third-order valence-electron chi connectivity index (χ3n) is 2.97. The molecule has 1 aromatic rings. The summed E-state index contributed by atoms with van der Waals surface area (Å²) in [6, 6.07) is 0.461. The normalized spacial score (nSPS) is 15.5. The van der Waals surface area contributed by atoms with Crippen molar-refractivity contribution in [3.05, 3.63) is 16.1 Å². The summed E-state index contributed by atoms with van der Waals surface area (Å²) in [7, 11) is 0. The van der Waals surface area contributed by atoms with Gasteiger partial charge < -0.3 is 10.6 Å². The number of aromatic nitrogens is 1. The summed E-state index contributed by atoms with van der Waals surface area (Å²) >= 11 is 1.75. The van der Waals surface area contributed by atoms with Gasteiger partial charge in [-0.25, -0.2) is 4.98 Å².